The van der Waals surface area contributed by atoms with Gasteiger partial charge in [-0.05, 0) is 31.4 Å². The number of nitrogens with zero attached hydrogens (tertiary/aromatic N) is 6. The van der Waals surface area contributed by atoms with E-state index in [1.807, 2.05) is 23.1 Å². The molecule has 0 amide bonds. The summed E-state index contributed by atoms with van der Waals surface area (Å²) in [4.78, 5) is 9.57. The minimum atomic E-state index is 0.514. The maximum Gasteiger partial charge on any atom is 0.102 e. The van der Waals surface area contributed by atoms with Crippen LogP contribution in [0.4, 0.5) is 11.4 Å². The molecule has 2 aromatic heterocycles. The van der Waals surface area contributed by atoms with Crippen LogP contribution in [0.2, 0.25) is 0 Å². The van der Waals surface area contributed by atoms with Crippen molar-refractivity contribution in [2.24, 2.45) is 0 Å². The van der Waals surface area contributed by atoms with E-state index in [1.54, 1.807) is 0 Å². The predicted molar refractivity (Wildman–Crippen MR) is 115 cm³/mol. The molecule has 3 aromatic rings. The lowest BCUT2D eigenvalue weighted by atomic mass is 9.85. The van der Waals surface area contributed by atoms with Crippen molar-refractivity contribution in [1.82, 2.24) is 20.0 Å². The summed E-state index contributed by atoms with van der Waals surface area (Å²) in [5.41, 5.74) is 4.80. The van der Waals surface area contributed by atoms with Crippen LogP contribution in [0.1, 0.15) is 43.9 Å². The van der Waals surface area contributed by atoms with Crippen molar-refractivity contribution in [2.45, 2.75) is 57.8 Å². The van der Waals surface area contributed by atoms with Crippen LogP contribution in [0.15, 0.2) is 55.0 Å². The maximum absolute atomic E-state index is 4.49. The molecular formula is C23H28N6. The lowest BCUT2D eigenvalue weighted by Crippen LogP contribution is -2.57. The van der Waals surface area contributed by atoms with E-state index in [2.05, 4.69) is 68.5 Å². The van der Waals surface area contributed by atoms with Crippen molar-refractivity contribution in [3.63, 3.8) is 0 Å². The fraction of sp³-hybridized carbons (Fsp3) is 0.435. The fourth-order valence-electron chi connectivity index (χ4n) is 5.06. The standard InChI is InChI=1S/C23H28N6/c1-2-28-20-10-6-7-11-21(20)29(23-14-24-13-12-22(23)28)17-19-16-27(26-25-19)15-18-8-4-3-5-9-18/h3-5,8-9,12-14,16,20-21H,2,6-7,10-11,15,17H2,1H3/t20-,21+/m0/s1. The molecule has 6 nitrogen and oxygen atoms in total. The highest BCUT2D eigenvalue weighted by Gasteiger charge is 2.40. The number of likely N-dealkylation sites (N-methyl/N-ethyl adjacent to an activating group) is 1. The third-order valence-corrected chi connectivity index (χ3v) is 6.34. The number of aromatic nitrogens is 4. The average Bonchev–Trinajstić information content (AvgIpc) is 3.21. The Morgan fingerprint density at radius 3 is 2.52 bits per heavy atom. The highest BCUT2D eigenvalue weighted by molar-refractivity contribution is 5.74. The molecule has 1 aliphatic carbocycles. The molecule has 2 atom stereocenters. The Hall–Kier alpha value is -2.89. The van der Waals surface area contributed by atoms with Gasteiger partial charge in [-0.3, -0.25) is 4.98 Å². The molecule has 29 heavy (non-hydrogen) atoms. The zero-order chi connectivity index (χ0) is 19.6. The number of hydrogen-bond acceptors (Lipinski definition) is 5. The molecule has 150 valence electrons. The molecule has 0 N–H and O–H groups in total. The second-order valence-electron chi connectivity index (χ2n) is 8.09. The second kappa shape index (κ2) is 7.85. The van der Waals surface area contributed by atoms with Crippen molar-refractivity contribution in [1.29, 1.82) is 0 Å². The number of hydrogen-bond donors (Lipinski definition) is 0. The molecule has 0 spiro atoms. The minimum Gasteiger partial charge on any atom is -0.365 e. The molecule has 1 fully saturated rings. The van der Waals surface area contributed by atoms with E-state index in [0.29, 0.717) is 12.1 Å². The largest absolute Gasteiger partial charge is 0.365 e. The van der Waals surface area contributed by atoms with Crippen molar-refractivity contribution in [2.75, 3.05) is 16.3 Å². The van der Waals surface area contributed by atoms with E-state index in [-0.39, 0.29) is 0 Å². The predicted octanol–water partition coefficient (Wildman–Crippen LogP) is 3.88. The van der Waals surface area contributed by atoms with Gasteiger partial charge < -0.3 is 9.80 Å². The van der Waals surface area contributed by atoms with Gasteiger partial charge in [0.15, 0.2) is 0 Å². The van der Waals surface area contributed by atoms with E-state index < -0.39 is 0 Å². The average molecular weight is 389 g/mol. The Morgan fingerprint density at radius 2 is 1.72 bits per heavy atom. The first-order valence-electron chi connectivity index (χ1n) is 10.7. The van der Waals surface area contributed by atoms with E-state index >= 15 is 0 Å². The molecule has 0 radical (unpaired) electrons. The number of anilines is 2. The van der Waals surface area contributed by atoms with E-state index in [1.165, 1.54) is 42.6 Å². The Kier molecular flexibility index (Phi) is 4.92. The van der Waals surface area contributed by atoms with E-state index in [0.717, 1.165) is 25.3 Å². The molecule has 0 saturated heterocycles. The molecule has 1 aromatic carbocycles. The molecular weight excluding hydrogens is 360 g/mol. The van der Waals surface area contributed by atoms with Gasteiger partial charge in [0.25, 0.3) is 0 Å². The van der Waals surface area contributed by atoms with Crippen molar-refractivity contribution < 1.29 is 0 Å². The summed E-state index contributed by atoms with van der Waals surface area (Å²) in [6.45, 7) is 4.84. The zero-order valence-electron chi connectivity index (χ0n) is 17.0. The van der Waals surface area contributed by atoms with Crippen LogP contribution >= 0.6 is 0 Å². The Labute approximate surface area is 172 Å². The molecule has 5 rings (SSSR count). The minimum absolute atomic E-state index is 0.514. The molecule has 0 bridgehead atoms. The Balaban J connectivity index is 1.42. The number of benzene rings is 1. The Morgan fingerprint density at radius 1 is 0.931 bits per heavy atom. The van der Waals surface area contributed by atoms with Gasteiger partial charge in [-0.2, -0.15) is 0 Å². The number of rotatable bonds is 5. The second-order valence-corrected chi connectivity index (χ2v) is 8.09. The Bertz CT molecular complexity index is 953. The van der Waals surface area contributed by atoms with Gasteiger partial charge in [-0.25, -0.2) is 4.68 Å². The monoisotopic (exact) mass is 388 g/mol. The van der Waals surface area contributed by atoms with Crippen LogP contribution in [0.3, 0.4) is 0 Å². The first kappa shape index (κ1) is 18.2. The van der Waals surface area contributed by atoms with Crippen LogP contribution in [0, 0.1) is 0 Å². The van der Waals surface area contributed by atoms with Crippen molar-refractivity contribution >= 4 is 11.4 Å². The lowest BCUT2D eigenvalue weighted by molar-refractivity contribution is 0.335. The summed E-state index contributed by atoms with van der Waals surface area (Å²) in [6, 6.07) is 13.7. The molecule has 6 heteroatoms. The maximum atomic E-state index is 4.49. The van der Waals surface area contributed by atoms with Crippen molar-refractivity contribution in [3.8, 4) is 0 Å². The van der Waals surface area contributed by atoms with Gasteiger partial charge in [0.1, 0.15) is 5.69 Å². The zero-order valence-corrected chi connectivity index (χ0v) is 17.0. The van der Waals surface area contributed by atoms with Gasteiger partial charge in [-0.15, -0.1) is 5.10 Å². The lowest BCUT2D eigenvalue weighted by Gasteiger charge is -2.51. The normalized spacial score (nSPS) is 21.0. The summed E-state index contributed by atoms with van der Waals surface area (Å²) in [5, 5.41) is 8.88. The molecule has 1 saturated carbocycles. The third-order valence-electron chi connectivity index (χ3n) is 6.34. The van der Waals surface area contributed by atoms with Crippen LogP contribution in [-0.4, -0.2) is 38.6 Å². The highest BCUT2D eigenvalue weighted by Crippen LogP contribution is 2.42. The summed E-state index contributed by atoms with van der Waals surface area (Å²) in [5.74, 6) is 0. The number of pyridine rings is 1. The van der Waals surface area contributed by atoms with Crippen LogP contribution in [-0.2, 0) is 13.1 Å². The molecule has 2 aliphatic rings. The first-order valence-corrected chi connectivity index (χ1v) is 10.7. The smallest absolute Gasteiger partial charge is 0.102 e. The summed E-state index contributed by atoms with van der Waals surface area (Å²) in [7, 11) is 0. The van der Waals surface area contributed by atoms with Gasteiger partial charge >= 0.3 is 0 Å². The summed E-state index contributed by atoms with van der Waals surface area (Å²) < 4.78 is 1.94. The van der Waals surface area contributed by atoms with E-state index in [9.17, 15) is 0 Å². The van der Waals surface area contributed by atoms with Crippen molar-refractivity contribution in [3.05, 3.63) is 66.2 Å². The van der Waals surface area contributed by atoms with Gasteiger partial charge in [-0.1, -0.05) is 48.4 Å². The molecule has 0 unspecified atom stereocenters. The number of fused-ring (bicyclic) bond motifs is 2. The topological polar surface area (TPSA) is 50.1 Å². The van der Waals surface area contributed by atoms with E-state index in [4.69, 9.17) is 0 Å². The fourth-order valence-corrected chi connectivity index (χ4v) is 5.06. The summed E-state index contributed by atoms with van der Waals surface area (Å²) >= 11 is 0. The van der Waals surface area contributed by atoms with Gasteiger partial charge in [0.05, 0.1) is 36.9 Å². The first-order chi connectivity index (χ1) is 14.3. The molecule has 1 aliphatic heterocycles. The van der Waals surface area contributed by atoms with Crippen LogP contribution in [0.5, 0.6) is 0 Å². The molecule has 3 heterocycles. The third kappa shape index (κ3) is 3.48. The van der Waals surface area contributed by atoms with Gasteiger partial charge in [0, 0.05) is 24.8 Å². The van der Waals surface area contributed by atoms with Crippen LogP contribution in [0.25, 0.3) is 0 Å². The SMILES string of the molecule is CCN1c2ccncc2N(Cc2cn(Cc3ccccc3)nn2)[C@@H]2CCCC[C@@H]21. The van der Waals surface area contributed by atoms with Gasteiger partial charge in [0.2, 0.25) is 0 Å². The quantitative estimate of drug-likeness (QED) is 0.664. The summed E-state index contributed by atoms with van der Waals surface area (Å²) in [6.07, 6.45) is 11.1. The van der Waals surface area contributed by atoms with Crippen LogP contribution < -0.4 is 9.80 Å². The highest BCUT2D eigenvalue weighted by atomic mass is 15.4.